The molecule has 2 atom stereocenters. The zero-order valence-corrected chi connectivity index (χ0v) is 46.7. The predicted octanol–water partition coefficient (Wildman–Crippen LogP) is 20.4. The van der Waals surface area contributed by atoms with Crippen LogP contribution in [0.3, 0.4) is 0 Å². The minimum Gasteiger partial charge on any atom is -0.462 e. The lowest BCUT2D eigenvalue weighted by Crippen LogP contribution is -2.30. The maximum Gasteiger partial charge on any atom is 0.306 e. The van der Waals surface area contributed by atoms with E-state index in [1.807, 2.05) is 0 Å². The lowest BCUT2D eigenvalue weighted by atomic mass is 9.99. The Kier molecular flexibility index (Phi) is 53.5. The standard InChI is InChI=1S/C62H120O6/c1-6-8-9-10-11-12-13-14-15-16-17-18-19-23-26-32-37-42-47-52-60(63)66-55-59(68-62(65)54-49-44-39-34-29-28-30-35-40-45-50-57(3)4)56-67-61(64)53-48-43-38-33-27-24-21-20-22-25-31-36-41-46-51-58(5)7-2/h57-59H,6-56H2,1-5H3/t58?,59-/m1/s1. The van der Waals surface area contributed by atoms with E-state index >= 15 is 0 Å². The van der Waals surface area contributed by atoms with Gasteiger partial charge in [0.05, 0.1) is 0 Å². The Morgan fingerprint density at radius 3 is 0.838 bits per heavy atom. The van der Waals surface area contributed by atoms with Crippen LogP contribution in [0.15, 0.2) is 0 Å². The Labute approximate surface area is 425 Å². The van der Waals surface area contributed by atoms with Crippen LogP contribution in [0.4, 0.5) is 0 Å². The van der Waals surface area contributed by atoms with Gasteiger partial charge in [0, 0.05) is 19.3 Å². The minimum atomic E-state index is -0.763. The van der Waals surface area contributed by atoms with Crippen LogP contribution in [-0.2, 0) is 28.6 Å². The third kappa shape index (κ3) is 53.8. The molecule has 0 radical (unpaired) electrons. The molecule has 6 heteroatoms. The Hall–Kier alpha value is -1.59. The number of carbonyl (C=O) groups is 3. The van der Waals surface area contributed by atoms with Gasteiger partial charge in [-0.1, -0.05) is 311 Å². The van der Waals surface area contributed by atoms with Crippen molar-refractivity contribution in [3.63, 3.8) is 0 Å². The molecule has 1 unspecified atom stereocenters. The Morgan fingerprint density at radius 1 is 0.309 bits per heavy atom. The van der Waals surface area contributed by atoms with E-state index in [1.54, 1.807) is 0 Å². The molecule has 0 aromatic carbocycles. The van der Waals surface area contributed by atoms with Gasteiger partial charge >= 0.3 is 17.9 Å². The maximum atomic E-state index is 12.9. The van der Waals surface area contributed by atoms with Gasteiger partial charge in [0.25, 0.3) is 0 Å². The second-order valence-corrected chi connectivity index (χ2v) is 22.1. The summed E-state index contributed by atoms with van der Waals surface area (Å²) in [6, 6.07) is 0. The number of rotatable bonds is 56. The zero-order valence-electron chi connectivity index (χ0n) is 46.7. The SMILES string of the molecule is CCCCCCCCCCCCCCCCCCCCCC(=O)OC[C@H](COC(=O)CCCCCCCCCCCCCCCCC(C)CC)OC(=O)CCCCCCCCCCCCC(C)C. The summed E-state index contributed by atoms with van der Waals surface area (Å²) in [5.41, 5.74) is 0. The average Bonchev–Trinajstić information content (AvgIpc) is 3.32. The fraction of sp³-hybridized carbons (Fsp3) is 0.952. The molecule has 0 spiro atoms. The molecule has 0 rings (SSSR count). The maximum absolute atomic E-state index is 12.9. The van der Waals surface area contributed by atoms with Gasteiger partial charge in [-0.25, -0.2) is 0 Å². The second kappa shape index (κ2) is 54.7. The van der Waals surface area contributed by atoms with Crippen molar-refractivity contribution in [1.29, 1.82) is 0 Å². The fourth-order valence-electron chi connectivity index (χ4n) is 9.55. The van der Waals surface area contributed by atoms with Gasteiger partial charge in [0.15, 0.2) is 6.10 Å². The number of carbonyl (C=O) groups excluding carboxylic acids is 3. The Bertz CT molecular complexity index is 1040. The Balaban J connectivity index is 4.26. The zero-order chi connectivity index (χ0) is 49.6. The molecule has 0 saturated heterocycles. The predicted molar refractivity (Wildman–Crippen MR) is 293 cm³/mol. The summed E-state index contributed by atoms with van der Waals surface area (Å²) in [7, 11) is 0. The molecule has 0 aromatic heterocycles. The fourth-order valence-corrected chi connectivity index (χ4v) is 9.55. The van der Waals surface area contributed by atoms with Crippen LogP contribution in [0.5, 0.6) is 0 Å². The summed E-state index contributed by atoms with van der Waals surface area (Å²) in [6.45, 7) is 11.5. The van der Waals surface area contributed by atoms with E-state index in [2.05, 4.69) is 34.6 Å². The third-order valence-electron chi connectivity index (χ3n) is 14.6. The van der Waals surface area contributed by atoms with E-state index in [0.29, 0.717) is 19.3 Å². The van der Waals surface area contributed by atoms with E-state index in [-0.39, 0.29) is 31.1 Å². The molecule has 0 fully saturated rings. The van der Waals surface area contributed by atoms with Crippen LogP contribution in [0.1, 0.15) is 349 Å². The van der Waals surface area contributed by atoms with E-state index in [9.17, 15) is 14.4 Å². The summed E-state index contributed by atoms with van der Waals surface area (Å²) >= 11 is 0. The van der Waals surface area contributed by atoms with Crippen molar-refractivity contribution in [3.05, 3.63) is 0 Å². The minimum absolute atomic E-state index is 0.0625. The lowest BCUT2D eigenvalue weighted by molar-refractivity contribution is -0.167. The van der Waals surface area contributed by atoms with Crippen LogP contribution < -0.4 is 0 Å². The summed E-state index contributed by atoms with van der Waals surface area (Å²) < 4.78 is 16.9. The monoisotopic (exact) mass is 961 g/mol. The highest BCUT2D eigenvalue weighted by Gasteiger charge is 2.19. The first-order chi connectivity index (χ1) is 33.3. The van der Waals surface area contributed by atoms with Crippen molar-refractivity contribution in [2.24, 2.45) is 11.8 Å². The molecule has 68 heavy (non-hydrogen) atoms. The van der Waals surface area contributed by atoms with Crippen LogP contribution in [0.25, 0.3) is 0 Å². The molecule has 0 heterocycles. The summed E-state index contributed by atoms with van der Waals surface area (Å²) in [6.07, 6.45) is 59.5. The second-order valence-electron chi connectivity index (χ2n) is 22.1. The molecule has 0 aliphatic carbocycles. The molecule has 0 bridgehead atoms. The van der Waals surface area contributed by atoms with Gasteiger partial charge in [-0.15, -0.1) is 0 Å². The quantitative estimate of drug-likeness (QED) is 0.0343. The molecule has 0 amide bonds. The van der Waals surface area contributed by atoms with Crippen molar-refractivity contribution in [2.45, 2.75) is 355 Å². The summed E-state index contributed by atoms with van der Waals surface area (Å²) in [5.74, 6) is 0.875. The topological polar surface area (TPSA) is 78.9 Å². The van der Waals surface area contributed by atoms with Crippen LogP contribution in [0.2, 0.25) is 0 Å². The number of ether oxygens (including phenoxy) is 3. The van der Waals surface area contributed by atoms with Crippen molar-refractivity contribution < 1.29 is 28.6 Å². The lowest BCUT2D eigenvalue weighted by Gasteiger charge is -2.18. The van der Waals surface area contributed by atoms with Gasteiger partial charge in [-0.2, -0.15) is 0 Å². The number of hydrogen-bond acceptors (Lipinski definition) is 6. The molecule has 0 aromatic rings. The third-order valence-corrected chi connectivity index (χ3v) is 14.6. The van der Waals surface area contributed by atoms with Crippen LogP contribution in [-0.4, -0.2) is 37.2 Å². The van der Waals surface area contributed by atoms with Crippen molar-refractivity contribution >= 4 is 17.9 Å². The van der Waals surface area contributed by atoms with Gasteiger partial charge in [-0.3, -0.25) is 14.4 Å². The highest BCUT2D eigenvalue weighted by atomic mass is 16.6. The van der Waals surface area contributed by atoms with Crippen molar-refractivity contribution in [1.82, 2.24) is 0 Å². The van der Waals surface area contributed by atoms with Gasteiger partial charge in [0.1, 0.15) is 13.2 Å². The largest absolute Gasteiger partial charge is 0.462 e. The molecule has 0 aliphatic heterocycles. The van der Waals surface area contributed by atoms with E-state index in [4.69, 9.17) is 14.2 Å². The van der Waals surface area contributed by atoms with Crippen molar-refractivity contribution in [2.75, 3.05) is 13.2 Å². The van der Waals surface area contributed by atoms with Gasteiger partial charge < -0.3 is 14.2 Å². The van der Waals surface area contributed by atoms with Crippen molar-refractivity contribution in [3.8, 4) is 0 Å². The number of unbranched alkanes of at least 4 members (excludes halogenated alkanes) is 40. The number of hydrogen-bond donors (Lipinski definition) is 0. The first-order valence-electron chi connectivity index (χ1n) is 30.8. The number of esters is 3. The first kappa shape index (κ1) is 66.4. The van der Waals surface area contributed by atoms with E-state index in [0.717, 1.165) is 69.6 Å². The molecular weight excluding hydrogens is 841 g/mol. The van der Waals surface area contributed by atoms with Crippen LogP contribution in [0, 0.1) is 11.8 Å². The highest BCUT2D eigenvalue weighted by molar-refractivity contribution is 5.71. The molecule has 404 valence electrons. The van der Waals surface area contributed by atoms with E-state index in [1.165, 1.54) is 238 Å². The van der Waals surface area contributed by atoms with E-state index < -0.39 is 6.10 Å². The smallest absolute Gasteiger partial charge is 0.306 e. The van der Waals surface area contributed by atoms with Crippen LogP contribution >= 0.6 is 0 Å². The average molecular weight is 962 g/mol. The molecular formula is C62H120O6. The summed E-state index contributed by atoms with van der Waals surface area (Å²) in [4.78, 5) is 38.2. The highest BCUT2D eigenvalue weighted by Crippen LogP contribution is 2.19. The normalized spacial score (nSPS) is 12.4. The molecule has 0 N–H and O–H groups in total. The molecule has 0 aliphatic rings. The molecule has 0 saturated carbocycles. The Morgan fingerprint density at radius 2 is 0.559 bits per heavy atom. The first-order valence-corrected chi connectivity index (χ1v) is 30.8. The van der Waals surface area contributed by atoms with Gasteiger partial charge in [-0.05, 0) is 31.1 Å². The summed E-state index contributed by atoms with van der Waals surface area (Å²) in [5, 5.41) is 0. The van der Waals surface area contributed by atoms with Gasteiger partial charge in [0.2, 0.25) is 0 Å². The molecule has 6 nitrogen and oxygen atoms in total.